The highest BCUT2D eigenvalue weighted by Crippen LogP contribution is 2.24. The first-order chi connectivity index (χ1) is 9.42. The summed E-state index contributed by atoms with van der Waals surface area (Å²) in [7, 11) is 0. The Hall–Kier alpha value is -1.26. The van der Waals surface area contributed by atoms with Crippen LogP contribution in [-0.4, -0.2) is 27.5 Å². The Morgan fingerprint density at radius 2 is 2.16 bits per heavy atom. The Bertz CT molecular complexity index is 483. The van der Waals surface area contributed by atoms with Crippen molar-refractivity contribution in [3.63, 3.8) is 0 Å². The van der Waals surface area contributed by atoms with Crippen molar-refractivity contribution in [2.75, 3.05) is 6.54 Å². The molecule has 3 rings (SSSR count). The summed E-state index contributed by atoms with van der Waals surface area (Å²) in [6.07, 6.45) is 10.7. The summed E-state index contributed by atoms with van der Waals surface area (Å²) in [6, 6.07) is 4.97. The summed E-state index contributed by atoms with van der Waals surface area (Å²) < 4.78 is 0. The van der Waals surface area contributed by atoms with Crippen LogP contribution in [0.2, 0.25) is 0 Å². The Balaban J connectivity index is 1.55. The van der Waals surface area contributed by atoms with Crippen molar-refractivity contribution in [1.82, 2.24) is 14.9 Å². The van der Waals surface area contributed by atoms with Gasteiger partial charge in [0.25, 0.3) is 0 Å². The average molecular weight is 273 g/mol. The molecule has 0 N–H and O–H groups in total. The van der Waals surface area contributed by atoms with E-state index in [0.717, 1.165) is 19.0 Å². The van der Waals surface area contributed by atoms with E-state index < -0.39 is 0 Å². The second kappa shape index (κ2) is 6.26. The summed E-state index contributed by atoms with van der Waals surface area (Å²) in [6.45, 7) is 2.25. The molecule has 0 spiro atoms. The van der Waals surface area contributed by atoms with Gasteiger partial charge in [0.2, 0.25) is 0 Å². The molecule has 2 aromatic rings. The van der Waals surface area contributed by atoms with Crippen molar-refractivity contribution in [3.8, 4) is 0 Å². The number of aromatic nitrogens is 2. The van der Waals surface area contributed by atoms with E-state index in [0.29, 0.717) is 0 Å². The molecule has 1 aliphatic heterocycles. The standard InChI is InChI=1S/C15H19N3S/c1-2-14(4-3-13-5-7-16-8-6-13)18(10-1)12-15-17-9-11-19-15/h5-9,11,14H,1-4,10,12H2/t14-/m0/s1. The van der Waals surface area contributed by atoms with Crippen LogP contribution in [0.15, 0.2) is 36.1 Å². The molecule has 1 aliphatic rings. The van der Waals surface area contributed by atoms with Crippen LogP contribution in [0.25, 0.3) is 0 Å². The molecule has 0 amide bonds. The zero-order valence-electron chi connectivity index (χ0n) is 11.0. The Morgan fingerprint density at radius 1 is 1.26 bits per heavy atom. The third-order valence-electron chi connectivity index (χ3n) is 3.84. The molecule has 1 saturated heterocycles. The Morgan fingerprint density at radius 3 is 2.95 bits per heavy atom. The molecule has 0 aromatic carbocycles. The fraction of sp³-hybridized carbons (Fsp3) is 0.467. The van der Waals surface area contributed by atoms with Gasteiger partial charge in [0.15, 0.2) is 0 Å². The maximum Gasteiger partial charge on any atom is 0.107 e. The smallest absolute Gasteiger partial charge is 0.107 e. The molecule has 0 aliphatic carbocycles. The van der Waals surface area contributed by atoms with Crippen molar-refractivity contribution in [3.05, 3.63) is 46.7 Å². The maximum atomic E-state index is 4.40. The van der Waals surface area contributed by atoms with E-state index in [1.807, 2.05) is 18.6 Å². The molecular formula is C15H19N3S. The number of likely N-dealkylation sites (tertiary alicyclic amines) is 1. The van der Waals surface area contributed by atoms with Crippen LogP contribution in [0.4, 0.5) is 0 Å². The van der Waals surface area contributed by atoms with Gasteiger partial charge >= 0.3 is 0 Å². The number of rotatable bonds is 5. The van der Waals surface area contributed by atoms with Gasteiger partial charge in [-0.1, -0.05) is 0 Å². The summed E-state index contributed by atoms with van der Waals surface area (Å²) in [5.74, 6) is 0. The van der Waals surface area contributed by atoms with Gasteiger partial charge in [0.05, 0.1) is 6.54 Å². The molecular weight excluding hydrogens is 254 g/mol. The maximum absolute atomic E-state index is 4.40. The fourth-order valence-corrected chi connectivity index (χ4v) is 3.46. The quantitative estimate of drug-likeness (QED) is 0.838. The zero-order valence-corrected chi connectivity index (χ0v) is 11.9. The molecule has 0 saturated carbocycles. The van der Waals surface area contributed by atoms with Crippen LogP contribution in [0, 0.1) is 0 Å². The molecule has 4 heteroatoms. The summed E-state index contributed by atoms with van der Waals surface area (Å²) >= 11 is 1.77. The van der Waals surface area contributed by atoms with Gasteiger partial charge in [-0.2, -0.15) is 0 Å². The van der Waals surface area contributed by atoms with E-state index in [1.54, 1.807) is 11.3 Å². The van der Waals surface area contributed by atoms with Gasteiger partial charge in [0, 0.05) is 30.0 Å². The lowest BCUT2D eigenvalue weighted by atomic mass is 10.0. The minimum Gasteiger partial charge on any atom is -0.294 e. The Labute approximate surface area is 118 Å². The number of thiazole rings is 1. The second-order valence-electron chi connectivity index (χ2n) is 5.09. The van der Waals surface area contributed by atoms with Gasteiger partial charge in [-0.05, 0) is 49.9 Å². The minimum atomic E-state index is 0.720. The lowest BCUT2D eigenvalue weighted by Crippen LogP contribution is -2.29. The van der Waals surface area contributed by atoms with Gasteiger partial charge in [0.1, 0.15) is 5.01 Å². The van der Waals surface area contributed by atoms with Crippen molar-refractivity contribution >= 4 is 11.3 Å². The monoisotopic (exact) mass is 273 g/mol. The number of hydrogen-bond donors (Lipinski definition) is 0. The number of hydrogen-bond acceptors (Lipinski definition) is 4. The molecule has 1 atom stereocenters. The first-order valence-corrected chi connectivity index (χ1v) is 7.81. The average Bonchev–Trinajstić information content (AvgIpc) is 3.10. The van der Waals surface area contributed by atoms with E-state index in [4.69, 9.17) is 0 Å². The van der Waals surface area contributed by atoms with Gasteiger partial charge < -0.3 is 0 Å². The minimum absolute atomic E-state index is 0.720. The van der Waals surface area contributed by atoms with Gasteiger partial charge in [-0.25, -0.2) is 4.98 Å². The molecule has 0 unspecified atom stereocenters. The van der Waals surface area contributed by atoms with Crippen LogP contribution in [0.5, 0.6) is 0 Å². The van der Waals surface area contributed by atoms with E-state index in [1.165, 1.54) is 36.4 Å². The van der Waals surface area contributed by atoms with E-state index in [9.17, 15) is 0 Å². The molecule has 3 nitrogen and oxygen atoms in total. The molecule has 19 heavy (non-hydrogen) atoms. The topological polar surface area (TPSA) is 29.0 Å². The van der Waals surface area contributed by atoms with Crippen LogP contribution >= 0.6 is 11.3 Å². The van der Waals surface area contributed by atoms with E-state index >= 15 is 0 Å². The highest BCUT2D eigenvalue weighted by Gasteiger charge is 2.24. The first-order valence-electron chi connectivity index (χ1n) is 6.93. The van der Waals surface area contributed by atoms with Crippen LogP contribution in [0.1, 0.15) is 29.8 Å². The highest BCUT2D eigenvalue weighted by molar-refractivity contribution is 7.09. The molecule has 0 bridgehead atoms. The number of pyridine rings is 1. The van der Waals surface area contributed by atoms with Crippen molar-refractivity contribution < 1.29 is 0 Å². The van der Waals surface area contributed by atoms with Crippen molar-refractivity contribution in [1.29, 1.82) is 0 Å². The first kappa shape index (κ1) is 12.8. The molecule has 3 heterocycles. The summed E-state index contributed by atoms with van der Waals surface area (Å²) in [4.78, 5) is 11.1. The SMILES string of the molecule is c1cc(CC[C@@H]2CCCN2Cc2nccs2)ccn1. The molecule has 100 valence electrons. The van der Waals surface area contributed by atoms with Crippen LogP contribution < -0.4 is 0 Å². The van der Waals surface area contributed by atoms with Crippen LogP contribution in [-0.2, 0) is 13.0 Å². The number of aryl methyl sites for hydroxylation is 1. The second-order valence-corrected chi connectivity index (χ2v) is 6.07. The largest absolute Gasteiger partial charge is 0.294 e. The number of nitrogens with zero attached hydrogens (tertiary/aromatic N) is 3. The van der Waals surface area contributed by atoms with Crippen molar-refractivity contribution in [2.24, 2.45) is 0 Å². The van der Waals surface area contributed by atoms with Crippen LogP contribution in [0.3, 0.4) is 0 Å². The van der Waals surface area contributed by atoms with Crippen molar-refractivity contribution in [2.45, 2.75) is 38.3 Å². The molecule has 0 radical (unpaired) electrons. The highest BCUT2D eigenvalue weighted by atomic mass is 32.1. The normalized spacial score (nSPS) is 19.9. The molecule has 2 aromatic heterocycles. The summed E-state index contributed by atoms with van der Waals surface area (Å²) in [5, 5.41) is 3.31. The third-order valence-corrected chi connectivity index (χ3v) is 4.60. The zero-order chi connectivity index (χ0) is 12.9. The van der Waals surface area contributed by atoms with Gasteiger partial charge in [-0.15, -0.1) is 11.3 Å². The lowest BCUT2D eigenvalue weighted by molar-refractivity contribution is 0.234. The lowest BCUT2D eigenvalue weighted by Gasteiger charge is -2.23. The summed E-state index contributed by atoms with van der Waals surface area (Å²) in [5.41, 5.74) is 1.40. The van der Waals surface area contributed by atoms with E-state index in [-0.39, 0.29) is 0 Å². The predicted molar refractivity (Wildman–Crippen MR) is 78.1 cm³/mol. The van der Waals surface area contributed by atoms with E-state index in [2.05, 4.69) is 32.4 Å². The Kier molecular flexibility index (Phi) is 4.20. The molecule has 1 fully saturated rings. The third kappa shape index (κ3) is 3.39. The predicted octanol–water partition coefficient (Wildman–Crippen LogP) is 3.14. The fourth-order valence-electron chi connectivity index (χ4n) is 2.82. The van der Waals surface area contributed by atoms with Gasteiger partial charge in [-0.3, -0.25) is 9.88 Å².